The zero-order valence-corrected chi connectivity index (χ0v) is 43.0. The molecular formula is C49H84KNO10. The van der Waals surface area contributed by atoms with Crippen LogP contribution in [0.15, 0.2) is 47.6 Å². The Hall–Kier alpha value is -0.584. The normalized spacial score (nSPS) is 28.1. The second kappa shape index (κ2) is 30.6. The molecule has 346 valence electrons. The van der Waals surface area contributed by atoms with Crippen molar-refractivity contribution in [2.24, 2.45) is 35.5 Å². The average Bonchev–Trinajstić information content (AvgIpc) is 3.23. The average molecular weight is 886 g/mol. The van der Waals surface area contributed by atoms with E-state index in [1.165, 1.54) is 38.4 Å². The number of allylic oxidation sites excluding steroid dienone is 6. The van der Waals surface area contributed by atoms with Gasteiger partial charge in [0, 0.05) is 32.6 Å². The molecule has 12 heteroatoms. The van der Waals surface area contributed by atoms with Crippen molar-refractivity contribution in [3.8, 4) is 0 Å². The fourth-order valence-electron chi connectivity index (χ4n) is 8.86. The number of Topliss-reactive ketones (excluding diaryl/α,β-unsaturated/α-hetero) is 1. The van der Waals surface area contributed by atoms with Crippen LogP contribution in [-0.2, 0) is 23.8 Å². The van der Waals surface area contributed by atoms with Crippen LogP contribution in [0.1, 0.15) is 145 Å². The number of aliphatic hydroxyl groups excluding tert-OH is 3. The minimum Gasteiger partial charge on any atom is -0.836 e. The Morgan fingerprint density at radius 1 is 0.951 bits per heavy atom. The van der Waals surface area contributed by atoms with E-state index in [0.717, 1.165) is 61.3 Å². The third-order valence-electron chi connectivity index (χ3n) is 13.2. The molecule has 0 aromatic rings. The smallest absolute Gasteiger partial charge is 0.836 e. The van der Waals surface area contributed by atoms with E-state index in [0.29, 0.717) is 31.3 Å². The van der Waals surface area contributed by atoms with Gasteiger partial charge < -0.3 is 44.6 Å². The molecule has 3 aliphatic rings. The monoisotopic (exact) mass is 886 g/mol. The third-order valence-corrected chi connectivity index (χ3v) is 13.2. The van der Waals surface area contributed by atoms with E-state index in [-0.39, 0.29) is 82.3 Å². The van der Waals surface area contributed by atoms with E-state index in [9.17, 15) is 35.1 Å². The zero-order valence-electron chi connectivity index (χ0n) is 39.9. The molecular weight excluding hydrogens is 802 g/mol. The molecule has 13 atom stereocenters. The van der Waals surface area contributed by atoms with E-state index in [4.69, 9.17) is 14.2 Å². The largest absolute Gasteiger partial charge is 1.00 e. The molecule has 0 aromatic heterocycles. The summed E-state index contributed by atoms with van der Waals surface area (Å²) in [4.78, 5) is 25.3. The third kappa shape index (κ3) is 19.8. The maximum absolute atomic E-state index is 12.2. The summed E-state index contributed by atoms with van der Waals surface area (Å²) in [6, 6.07) is 0. The van der Waals surface area contributed by atoms with Crippen LogP contribution >= 0.6 is 0 Å². The van der Waals surface area contributed by atoms with Crippen molar-refractivity contribution in [1.29, 1.82) is 0 Å². The van der Waals surface area contributed by atoms with Crippen molar-refractivity contribution in [2.45, 2.75) is 188 Å². The number of amides is 1. The molecule has 1 saturated carbocycles. The number of ether oxygens (including phenoxy) is 3. The summed E-state index contributed by atoms with van der Waals surface area (Å²) in [6.45, 7) is 16.8. The number of methoxy groups -OCH3 is 2. The van der Waals surface area contributed by atoms with Crippen LogP contribution in [0.4, 0.5) is 0 Å². The second-order valence-corrected chi connectivity index (χ2v) is 18.5. The van der Waals surface area contributed by atoms with Gasteiger partial charge in [-0.15, -0.1) is 0 Å². The summed E-state index contributed by atoms with van der Waals surface area (Å²) in [5, 5.41) is 55.1. The molecule has 3 fully saturated rings. The number of hydrogen-bond acceptors (Lipinski definition) is 10. The van der Waals surface area contributed by atoms with Gasteiger partial charge in [-0.25, -0.2) is 0 Å². The Labute approximate surface area is 412 Å². The first-order chi connectivity index (χ1) is 28.4. The standard InChI is InChI=1S/C36H64O5.C13H20NO5.K/c1-10-25(2)15-12-11-13-16-26(3)21-29(6)34(38)36(41-9)35(39)30(7)23-28(5)33(37)20-19-27(4)22-31-17-14-18-32(24-31)40-8;1-9-5-4-8-19-13(9,18)11(16)12(17)14-7-3-2-6-10(14)15;/h11-13,15-16,23,26-29,31-39H,10,14,17-22,24H2,1-9H3;9-10,18H,2-8H2,1H3;/q;-1;+1/b12-11+,16-13+,25-15+,30-23+;;/t26-,27+,28-,29?,31?,32?,33?,34?,35?,36+;;/m1../s1. The first-order valence-corrected chi connectivity index (χ1v) is 23.1. The number of hydrogen-bond donors (Lipinski definition) is 4. The van der Waals surface area contributed by atoms with Crippen LogP contribution in [-0.4, -0.2) is 107 Å². The number of ketones is 1. The van der Waals surface area contributed by atoms with Crippen molar-refractivity contribution >= 4 is 11.7 Å². The molecule has 2 aliphatic heterocycles. The molecule has 1 aliphatic carbocycles. The van der Waals surface area contributed by atoms with Crippen LogP contribution in [0.3, 0.4) is 0 Å². The molecule has 61 heavy (non-hydrogen) atoms. The van der Waals surface area contributed by atoms with Crippen LogP contribution in [0.5, 0.6) is 0 Å². The maximum Gasteiger partial charge on any atom is 1.00 e. The first-order valence-electron chi connectivity index (χ1n) is 23.1. The summed E-state index contributed by atoms with van der Waals surface area (Å²) in [5.41, 5.74) is 2.07. The van der Waals surface area contributed by atoms with Crippen molar-refractivity contribution in [2.75, 3.05) is 27.4 Å². The minimum absolute atomic E-state index is 0. The fourth-order valence-corrected chi connectivity index (χ4v) is 8.86. The number of piperidine rings is 1. The molecule has 0 radical (unpaired) electrons. The molecule has 2 heterocycles. The predicted octanol–water partition coefficient (Wildman–Crippen LogP) is 4.20. The van der Waals surface area contributed by atoms with Crippen molar-refractivity contribution < 1.29 is 101 Å². The summed E-state index contributed by atoms with van der Waals surface area (Å²) in [6.07, 6.45) is 21.5. The Morgan fingerprint density at radius 2 is 1.66 bits per heavy atom. The fraction of sp³-hybridized carbons (Fsp3) is 0.796. The Morgan fingerprint density at radius 3 is 2.28 bits per heavy atom. The van der Waals surface area contributed by atoms with Gasteiger partial charge in [-0.2, -0.15) is 0 Å². The molecule has 4 N–H and O–H groups in total. The topological polar surface area (TPSA) is 169 Å². The second-order valence-electron chi connectivity index (χ2n) is 18.5. The first kappa shape index (κ1) is 58.4. The van der Waals surface area contributed by atoms with Gasteiger partial charge in [0.05, 0.1) is 24.9 Å². The Bertz CT molecular complexity index is 1390. The number of rotatable bonds is 21. The predicted molar refractivity (Wildman–Crippen MR) is 236 cm³/mol. The van der Waals surface area contributed by atoms with E-state index < -0.39 is 54.0 Å². The molecule has 9 unspecified atom stereocenters. The summed E-state index contributed by atoms with van der Waals surface area (Å²) >= 11 is 0. The molecule has 1 amide bonds. The van der Waals surface area contributed by atoms with Gasteiger partial charge >= 0.3 is 51.4 Å². The van der Waals surface area contributed by atoms with E-state index in [2.05, 4.69) is 52.0 Å². The van der Waals surface area contributed by atoms with Crippen molar-refractivity contribution in [3.63, 3.8) is 0 Å². The minimum atomic E-state index is -2.06. The van der Waals surface area contributed by atoms with Crippen LogP contribution < -0.4 is 56.5 Å². The number of aliphatic hydroxyl groups is 4. The van der Waals surface area contributed by atoms with Gasteiger partial charge in [0.25, 0.3) is 11.7 Å². The quantitative estimate of drug-likeness (QED) is 0.0568. The van der Waals surface area contributed by atoms with E-state index in [1.54, 1.807) is 6.92 Å². The van der Waals surface area contributed by atoms with Gasteiger partial charge in [-0.3, -0.25) is 9.59 Å². The zero-order chi connectivity index (χ0) is 45.0. The van der Waals surface area contributed by atoms with Gasteiger partial charge in [0.15, 0.2) is 0 Å². The van der Waals surface area contributed by atoms with E-state index in [1.807, 2.05) is 40.0 Å². The summed E-state index contributed by atoms with van der Waals surface area (Å²) in [5.74, 6) is -2.98. The molecule has 0 aromatic carbocycles. The maximum atomic E-state index is 12.2. The summed E-state index contributed by atoms with van der Waals surface area (Å²) < 4.78 is 16.3. The Balaban J connectivity index is 0.000000770. The van der Waals surface area contributed by atoms with Crippen LogP contribution in [0.2, 0.25) is 0 Å². The van der Waals surface area contributed by atoms with E-state index >= 15 is 0 Å². The SMILES string of the molecule is CC/C(C)=C/C=C/C=C/[C@@H](C)CC(C)C(O)[C@H](OC)C(O)/C(C)=C/[C@@H](C)C(O)CC[C@H](C)CC1CCCC(OC)C1.CC1CCCOC1(O)C(=O)C(=O)N1CCCCC1[O-].[K+]. The molecule has 11 nitrogen and oxygen atoms in total. The van der Waals surface area contributed by atoms with Gasteiger partial charge in [-0.1, -0.05) is 103 Å². The molecule has 0 bridgehead atoms. The van der Waals surface area contributed by atoms with Gasteiger partial charge in [0.1, 0.15) is 12.2 Å². The number of carbonyl (C=O) groups excluding carboxylic acids is 2. The van der Waals surface area contributed by atoms with Crippen LogP contribution in [0, 0.1) is 35.5 Å². The summed E-state index contributed by atoms with van der Waals surface area (Å²) in [7, 11) is 3.36. The molecule has 0 spiro atoms. The molecule has 3 rings (SSSR count). The Kier molecular flexibility index (Phi) is 29.3. The van der Waals surface area contributed by atoms with Crippen molar-refractivity contribution in [1.82, 2.24) is 4.90 Å². The molecule has 2 saturated heterocycles. The van der Waals surface area contributed by atoms with Gasteiger partial charge in [-0.05, 0) is 120 Å². The van der Waals surface area contributed by atoms with Gasteiger partial charge in [0.2, 0.25) is 5.79 Å². The number of carbonyl (C=O) groups is 2. The number of likely N-dealkylation sites (tertiary alicyclic amines) is 1. The van der Waals surface area contributed by atoms with Crippen LogP contribution in [0.25, 0.3) is 0 Å². The number of nitrogens with zero attached hydrogens (tertiary/aromatic N) is 1. The van der Waals surface area contributed by atoms with Crippen molar-refractivity contribution in [3.05, 3.63) is 47.6 Å².